The number of hydrogen-bond donors (Lipinski definition) is 1. The second-order valence-corrected chi connectivity index (χ2v) is 2.67. The SMILES string of the molecule is CCC(C(N)=S)n1cncn1.Cl. The van der Waals surface area contributed by atoms with Gasteiger partial charge in [-0.2, -0.15) is 5.10 Å². The largest absolute Gasteiger partial charge is 0.392 e. The molecule has 0 aromatic carbocycles. The molecule has 1 aromatic heterocycles. The molecular formula is C6H11ClN4S. The van der Waals surface area contributed by atoms with E-state index in [0.29, 0.717) is 4.99 Å². The highest BCUT2D eigenvalue weighted by Gasteiger charge is 2.10. The fourth-order valence-electron chi connectivity index (χ4n) is 0.897. The molecule has 0 aliphatic carbocycles. The summed E-state index contributed by atoms with van der Waals surface area (Å²) in [7, 11) is 0. The lowest BCUT2D eigenvalue weighted by Gasteiger charge is -2.11. The predicted molar refractivity (Wildman–Crippen MR) is 53.4 cm³/mol. The van der Waals surface area contributed by atoms with Crippen molar-refractivity contribution in [2.45, 2.75) is 19.4 Å². The van der Waals surface area contributed by atoms with Crippen LogP contribution in [0, 0.1) is 0 Å². The van der Waals surface area contributed by atoms with Gasteiger partial charge in [0.25, 0.3) is 0 Å². The van der Waals surface area contributed by atoms with Crippen LogP contribution in [0.25, 0.3) is 0 Å². The van der Waals surface area contributed by atoms with Crippen molar-refractivity contribution in [3.63, 3.8) is 0 Å². The molecule has 1 atom stereocenters. The first-order valence-electron chi connectivity index (χ1n) is 3.39. The molecule has 6 heteroatoms. The fourth-order valence-corrected chi connectivity index (χ4v) is 1.17. The van der Waals surface area contributed by atoms with Gasteiger partial charge in [0.1, 0.15) is 18.7 Å². The van der Waals surface area contributed by atoms with Crippen LogP contribution in [0.2, 0.25) is 0 Å². The Bertz CT molecular complexity index is 236. The molecule has 0 aliphatic heterocycles. The smallest absolute Gasteiger partial charge is 0.137 e. The number of halogens is 1. The zero-order valence-corrected chi connectivity index (χ0v) is 8.31. The van der Waals surface area contributed by atoms with Gasteiger partial charge in [0, 0.05) is 0 Å². The highest BCUT2D eigenvalue weighted by atomic mass is 35.5. The summed E-state index contributed by atoms with van der Waals surface area (Å²) in [4.78, 5) is 4.27. The minimum Gasteiger partial charge on any atom is -0.392 e. The van der Waals surface area contributed by atoms with Crippen LogP contribution < -0.4 is 5.73 Å². The summed E-state index contributed by atoms with van der Waals surface area (Å²) in [5.74, 6) is 0. The average molecular weight is 207 g/mol. The molecule has 4 nitrogen and oxygen atoms in total. The Morgan fingerprint density at radius 1 is 1.75 bits per heavy atom. The summed E-state index contributed by atoms with van der Waals surface area (Å²) < 4.78 is 1.67. The molecule has 0 amide bonds. The van der Waals surface area contributed by atoms with Crippen LogP contribution in [-0.2, 0) is 0 Å². The number of aromatic nitrogens is 3. The molecule has 0 radical (unpaired) electrons. The summed E-state index contributed by atoms with van der Waals surface area (Å²) in [6.45, 7) is 2.01. The molecule has 1 heterocycles. The van der Waals surface area contributed by atoms with Crippen LogP contribution >= 0.6 is 24.6 Å². The summed E-state index contributed by atoms with van der Waals surface area (Å²) in [6, 6.07) is 0.00694. The Balaban J connectivity index is 0.00000121. The third-order valence-electron chi connectivity index (χ3n) is 1.47. The molecule has 68 valence electrons. The minimum absolute atomic E-state index is 0. The maximum atomic E-state index is 5.48. The first kappa shape index (κ1) is 11.3. The van der Waals surface area contributed by atoms with Crippen molar-refractivity contribution in [1.29, 1.82) is 0 Å². The van der Waals surface area contributed by atoms with E-state index in [4.69, 9.17) is 18.0 Å². The second-order valence-electron chi connectivity index (χ2n) is 2.20. The molecule has 12 heavy (non-hydrogen) atoms. The second kappa shape index (κ2) is 5.05. The van der Waals surface area contributed by atoms with E-state index in [1.807, 2.05) is 6.92 Å². The molecule has 1 unspecified atom stereocenters. The van der Waals surface area contributed by atoms with Gasteiger partial charge in [0.15, 0.2) is 0 Å². The molecule has 2 N–H and O–H groups in total. The van der Waals surface area contributed by atoms with E-state index in [2.05, 4.69) is 10.1 Å². The molecule has 0 bridgehead atoms. The van der Waals surface area contributed by atoms with Gasteiger partial charge in [-0.25, -0.2) is 9.67 Å². The van der Waals surface area contributed by atoms with Crippen molar-refractivity contribution >= 4 is 29.6 Å². The summed E-state index contributed by atoms with van der Waals surface area (Å²) >= 11 is 4.85. The van der Waals surface area contributed by atoms with E-state index >= 15 is 0 Å². The van der Waals surface area contributed by atoms with Gasteiger partial charge in [0.05, 0.1) is 4.99 Å². The standard InChI is InChI=1S/C6H10N4S.ClH/c1-2-5(6(7)11)10-4-8-3-9-10;/h3-5H,2H2,1H3,(H2,7,11);1H. The van der Waals surface area contributed by atoms with Crippen LogP contribution in [-0.4, -0.2) is 19.8 Å². The molecule has 0 aliphatic rings. The Kier molecular flexibility index (Phi) is 4.77. The zero-order chi connectivity index (χ0) is 8.27. The highest BCUT2D eigenvalue weighted by molar-refractivity contribution is 7.80. The summed E-state index contributed by atoms with van der Waals surface area (Å²) in [6.07, 6.45) is 3.94. The molecule has 0 spiro atoms. The molecule has 0 saturated carbocycles. The van der Waals surface area contributed by atoms with Gasteiger partial charge >= 0.3 is 0 Å². The van der Waals surface area contributed by atoms with Crippen LogP contribution in [0.3, 0.4) is 0 Å². The van der Waals surface area contributed by atoms with Crippen LogP contribution in [0.1, 0.15) is 19.4 Å². The number of thiocarbonyl (C=S) groups is 1. The highest BCUT2D eigenvalue weighted by Crippen LogP contribution is 2.07. The molecule has 0 saturated heterocycles. The van der Waals surface area contributed by atoms with Gasteiger partial charge in [-0.15, -0.1) is 12.4 Å². The maximum absolute atomic E-state index is 5.48. The van der Waals surface area contributed by atoms with E-state index in [-0.39, 0.29) is 18.4 Å². The Morgan fingerprint density at radius 3 is 2.75 bits per heavy atom. The Morgan fingerprint density at radius 2 is 2.42 bits per heavy atom. The van der Waals surface area contributed by atoms with Gasteiger partial charge in [-0.05, 0) is 6.42 Å². The van der Waals surface area contributed by atoms with Gasteiger partial charge < -0.3 is 5.73 Å². The van der Waals surface area contributed by atoms with Crippen molar-refractivity contribution in [3.8, 4) is 0 Å². The maximum Gasteiger partial charge on any atom is 0.137 e. The lowest BCUT2D eigenvalue weighted by Crippen LogP contribution is -2.24. The van der Waals surface area contributed by atoms with Gasteiger partial charge in [0.2, 0.25) is 0 Å². The predicted octanol–water partition coefficient (Wildman–Crippen LogP) is 0.937. The normalized spacial score (nSPS) is 11.8. The molecule has 1 rings (SSSR count). The van der Waals surface area contributed by atoms with E-state index in [1.165, 1.54) is 6.33 Å². The van der Waals surface area contributed by atoms with Crippen LogP contribution in [0.15, 0.2) is 12.7 Å². The van der Waals surface area contributed by atoms with E-state index in [1.54, 1.807) is 11.0 Å². The number of nitrogens with zero attached hydrogens (tertiary/aromatic N) is 3. The van der Waals surface area contributed by atoms with Gasteiger partial charge in [-0.3, -0.25) is 0 Å². The fraction of sp³-hybridized carbons (Fsp3) is 0.500. The van der Waals surface area contributed by atoms with E-state index in [0.717, 1.165) is 6.42 Å². The first-order valence-corrected chi connectivity index (χ1v) is 3.80. The zero-order valence-electron chi connectivity index (χ0n) is 6.67. The molecule has 0 fully saturated rings. The first-order chi connectivity index (χ1) is 5.25. The van der Waals surface area contributed by atoms with Gasteiger partial charge in [-0.1, -0.05) is 19.1 Å². The van der Waals surface area contributed by atoms with Crippen molar-refractivity contribution in [2.75, 3.05) is 0 Å². The van der Waals surface area contributed by atoms with E-state index < -0.39 is 0 Å². The quantitative estimate of drug-likeness (QED) is 0.748. The van der Waals surface area contributed by atoms with Crippen molar-refractivity contribution in [2.24, 2.45) is 5.73 Å². The topological polar surface area (TPSA) is 56.7 Å². The van der Waals surface area contributed by atoms with Crippen LogP contribution in [0.5, 0.6) is 0 Å². The number of rotatable bonds is 3. The van der Waals surface area contributed by atoms with Crippen molar-refractivity contribution in [3.05, 3.63) is 12.7 Å². The average Bonchev–Trinajstić information content (AvgIpc) is 2.40. The Hall–Kier alpha value is -0.680. The monoisotopic (exact) mass is 206 g/mol. The van der Waals surface area contributed by atoms with Crippen LogP contribution in [0.4, 0.5) is 0 Å². The number of nitrogens with two attached hydrogens (primary N) is 1. The third-order valence-corrected chi connectivity index (χ3v) is 1.74. The van der Waals surface area contributed by atoms with Crippen molar-refractivity contribution < 1.29 is 0 Å². The lowest BCUT2D eigenvalue weighted by molar-refractivity contribution is 0.552. The minimum atomic E-state index is 0. The lowest BCUT2D eigenvalue weighted by atomic mass is 10.2. The molecular weight excluding hydrogens is 196 g/mol. The summed E-state index contributed by atoms with van der Waals surface area (Å²) in [5, 5.41) is 3.95. The third kappa shape index (κ3) is 2.42. The Labute approximate surface area is 82.6 Å². The van der Waals surface area contributed by atoms with E-state index in [9.17, 15) is 0 Å². The van der Waals surface area contributed by atoms with Crippen molar-refractivity contribution in [1.82, 2.24) is 14.8 Å². The number of hydrogen-bond acceptors (Lipinski definition) is 3. The molecule has 1 aromatic rings. The summed E-state index contributed by atoms with van der Waals surface area (Å²) in [5.41, 5.74) is 5.48.